The molecule has 0 fully saturated rings. The second kappa shape index (κ2) is 8.55. The zero-order valence-electron chi connectivity index (χ0n) is 16.3. The van der Waals surface area contributed by atoms with E-state index in [9.17, 15) is 14.9 Å². The first-order valence-corrected chi connectivity index (χ1v) is 9.19. The fourth-order valence-corrected chi connectivity index (χ4v) is 3.13. The standard InChI is InChI=1S/C21H22N4O4/c1-4-14-23-19(21(26)29-5-2)22-24(17-10-6-15(3)7-11-17)20(23)16-8-12-18(13-9-16)25(27)28/h4,6-13,20H,1,5,14H2,2-3H3. The lowest BCUT2D eigenvalue weighted by atomic mass is 10.1. The number of benzene rings is 2. The van der Waals surface area contributed by atoms with E-state index in [2.05, 4.69) is 11.7 Å². The van der Waals surface area contributed by atoms with E-state index in [0.717, 1.165) is 16.8 Å². The van der Waals surface area contributed by atoms with Crippen LogP contribution in [0.25, 0.3) is 0 Å². The van der Waals surface area contributed by atoms with Crippen LogP contribution in [-0.4, -0.2) is 34.8 Å². The molecule has 0 amide bonds. The van der Waals surface area contributed by atoms with E-state index < -0.39 is 17.1 Å². The monoisotopic (exact) mass is 394 g/mol. The highest BCUT2D eigenvalue weighted by Gasteiger charge is 2.39. The van der Waals surface area contributed by atoms with Crippen molar-refractivity contribution in [2.45, 2.75) is 20.0 Å². The largest absolute Gasteiger partial charge is 0.460 e. The molecule has 1 aliphatic rings. The van der Waals surface area contributed by atoms with Gasteiger partial charge in [0.05, 0.1) is 17.2 Å². The molecular formula is C21H22N4O4. The number of amidine groups is 1. The number of carbonyl (C=O) groups is 1. The molecule has 1 aliphatic heterocycles. The molecule has 0 saturated carbocycles. The third-order valence-corrected chi connectivity index (χ3v) is 4.49. The van der Waals surface area contributed by atoms with E-state index in [4.69, 9.17) is 4.74 Å². The van der Waals surface area contributed by atoms with Gasteiger partial charge in [-0.1, -0.05) is 23.8 Å². The van der Waals surface area contributed by atoms with Crippen LogP contribution in [0.1, 0.15) is 24.2 Å². The number of esters is 1. The molecule has 0 saturated heterocycles. The number of anilines is 1. The molecule has 2 aromatic rings. The number of rotatable bonds is 7. The van der Waals surface area contributed by atoms with Crippen molar-refractivity contribution in [3.63, 3.8) is 0 Å². The number of ether oxygens (including phenoxy) is 1. The van der Waals surface area contributed by atoms with Crippen LogP contribution in [0.2, 0.25) is 0 Å². The molecule has 0 aromatic heterocycles. The molecule has 0 radical (unpaired) electrons. The van der Waals surface area contributed by atoms with E-state index in [1.807, 2.05) is 31.2 Å². The van der Waals surface area contributed by atoms with Gasteiger partial charge < -0.3 is 9.64 Å². The third kappa shape index (κ3) is 4.11. The van der Waals surface area contributed by atoms with Crippen LogP contribution in [0.4, 0.5) is 11.4 Å². The third-order valence-electron chi connectivity index (χ3n) is 4.49. The molecule has 2 aromatic carbocycles. The maximum Gasteiger partial charge on any atom is 0.376 e. The van der Waals surface area contributed by atoms with Gasteiger partial charge >= 0.3 is 5.97 Å². The van der Waals surface area contributed by atoms with Gasteiger partial charge in [-0.3, -0.25) is 10.1 Å². The number of hydrogen-bond donors (Lipinski definition) is 0. The number of nitrogens with zero attached hydrogens (tertiary/aromatic N) is 4. The summed E-state index contributed by atoms with van der Waals surface area (Å²) in [5, 5.41) is 17.3. The lowest BCUT2D eigenvalue weighted by Gasteiger charge is -2.31. The number of hydrogen-bond acceptors (Lipinski definition) is 7. The van der Waals surface area contributed by atoms with E-state index in [-0.39, 0.29) is 18.1 Å². The minimum absolute atomic E-state index is 0.00422. The van der Waals surface area contributed by atoms with Crippen molar-refractivity contribution in [2.24, 2.45) is 5.10 Å². The fourth-order valence-electron chi connectivity index (χ4n) is 3.13. The highest BCUT2D eigenvalue weighted by molar-refractivity contribution is 6.36. The van der Waals surface area contributed by atoms with Gasteiger partial charge in [0, 0.05) is 18.7 Å². The molecule has 1 unspecified atom stereocenters. The van der Waals surface area contributed by atoms with Crippen molar-refractivity contribution in [3.8, 4) is 0 Å². The van der Waals surface area contributed by atoms with Crippen LogP contribution in [0.3, 0.4) is 0 Å². The molecule has 8 nitrogen and oxygen atoms in total. The number of nitro benzene ring substituents is 1. The van der Waals surface area contributed by atoms with Gasteiger partial charge in [-0.25, -0.2) is 9.80 Å². The Kier molecular flexibility index (Phi) is 5.92. The molecule has 8 heteroatoms. The Morgan fingerprint density at radius 3 is 2.45 bits per heavy atom. The quantitative estimate of drug-likeness (QED) is 0.307. The van der Waals surface area contributed by atoms with E-state index in [1.165, 1.54) is 12.1 Å². The van der Waals surface area contributed by atoms with Gasteiger partial charge in [0.15, 0.2) is 6.17 Å². The maximum absolute atomic E-state index is 12.5. The predicted molar refractivity (Wildman–Crippen MR) is 110 cm³/mol. The zero-order valence-corrected chi connectivity index (χ0v) is 16.3. The van der Waals surface area contributed by atoms with E-state index in [1.54, 1.807) is 35.0 Å². The topological polar surface area (TPSA) is 88.3 Å². The lowest BCUT2D eigenvalue weighted by Crippen LogP contribution is -2.39. The lowest BCUT2D eigenvalue weighted by molar-refractivity contribution is -0.384. The Morgan fingerprint density at radius 1 is 1.24 bits per heavy atom. The SMILES string of the molecule is C=CCN1C(C(=O)OCC)=NN(c2ccc(C)cc2)C1c1ccc([N+](=O)[O-])cc1. The number of non-ortho nitro benzene ring substituents is 1. The van der Waals surface area contributed by atoms with E-state index in [0.29, 0.717) is 6.54 Å². The molecule has 0 spiro atoms. The number of carbonyl (C=O) groups excluding carboxylic acids is 1. The summed E-state index contributed by atoms with van der Waals surface area (Å²) in [7, 11) is 0. The Hall–Kier alpha value is -3.68. The normalized spacial score (nSPS) is 15.8. The molecule has 0 bridgehead atoms. The highest BCUT2D eigenvalue weighted by atomic mass is 16.6. The Labute approximate surface area is 168 Å². The van der Waals surface area contributed by atoms with Crippen molar-refractivity contribution in [3.05, 3.63) is 82.4 Å². The van der Waals surface area contributed by atoms with E-state index >= 15 is 0 Å². The number of nitro groups is 1. The van der Waals surface area contributed by atoms with Crippen molar-refractivity contribution in [1.82, 2.24) is 4.90 Å². The maximum atomic E-state index is 12.5. The molecule has 0 aliphatic carbocycles. The molecule has 1 atom stereocenters. The average molecular weight is 394 g/mol. The van der Waals surface area contributed by atoms with Crippen LogP contribution in [0.15, 0.2) is 66.3 Å². The van der Waals surface area contributed by atoms with Crippen LogP contribution in [-0.2, 0) is 9.53 Å². The fraction of sp³-hybridized carbons (Fsp3) is 0.238. The highest BCUT2D eigenvalue weighted by Crippen LogP contribution is 2.36. The predicted octanol–water partition coefficient (Wildman–Crippen LogP) is 3.79. The molecular weight excluding hydrogens is 372 g/mol. The molecule has 0 N–H and O–H groups in total. The summed E-state index contributed by atoms with van der Waals surface area (Å²) < 4.78 is 5.18. The Bertz CT molecular complexity index is 938. The van der Waals surface area contributed by atoms with Crippen molar-refractivity contribution < 1.29 is 14.5 Å². The smallest absolute Gasteiger partial charge is 0.376 e. The number of aryl methyl sites for hydroxylation is 1. The molecule has 1 heterocycles. The second-order valence-corrected chi connectivity index (χ2v) is 6.49. The Morgan fingerprint density at radius 2 is 1.90 bits per heavy atom. The van der Waals surface area contributed by atoms with Crippen LogP contribution >= 0.6 is 0 Å². The van der Waals surface area contributed by atoms with Crippen LogP contribution in [0.5, 0.6) is 0 Å². The van der Waals surface area contributed by atoms with Crippen LogP contribution in [0, 0.1) is 17.0 Å². The summed E-state index contributed by atoms with van der Waals surface area (Å²) in [6.45, 7) is 8.08. The van der Waals surface area contributed by atoms with Gasteiger partial charge in [0.2, 0.25) is 5.84 Å². The van der Waals surface area contributed by atoms with Gasteiger partial charge in [-0.2, -0.15) is 0 Å². The van der Waals surface area contributed by atoms with Crippen molar-refractivity contribution >= 4 is 23.2 Å². The molecule has 3 rings (SSSR count). The van der Waals surface area contributed by atoms with Crippen molar-refractivity contribution in [1.29, 1.82) is 0 Å². The van der Waals surface area contributed by atoms with Gasteiger partial charge in [0.1, 0.15) is 0 Å². The summed E-state index contributed by atoms with van der Waals surface area (Å²) in [4.78, 5) is 24.9. The average Bonchev–Trinajstić information content (AvgIpc) is 3.08. The first-order valence-electron chi connectivity index (χ1n) is 9.19. The van der Waals surface area contributed by atoms with Crippen LogP contribution < -0.4 is 5.01 Å². The molecule has 29 heavy (non-hydrogen) atoms. The summed E-state index contributed by atoms with van der Waals surface area (Å²) in [5.74, 6) is -0.369. The minimum Gasteiger partial charge on any atom is -0.460 e. The van der Waals surface area contributed by atoms with Gasteiger partial charge in [-0.15, -0.1) is 11.7 Å². The summed E-state index contributed by atoms with van der Waals surface area (Å²) in [6.07, 6.45) is 1.20. The van der Waals surface area contributed by atoms with Crippen molar-refractivity contribution in [2.75, 3.05) is 18.2 Å². The first-order chi connectivity index (χ1) is 14.0. The minimum atomic E-state index is -0.532. The van der Waals surface area contributed by atoms with Gasteiger partial charge in [0.25, 0.3) is 5.69 Å². The van der Waals surface area contributed by atoms with Gasteiger partial charge in [-0.05, 0) is 43.7 Å². The summed E-state index contributed by atoms with van der Waals surface area (Å²) in [6, 6.07) is 14.0. The zero-order chi connectivity index (χ0) is 21.0. The first kappa shape index (κ1) is 20.1. The molecule has 150 valence electrons. The number of hydrazone groups is 1. The summed E-state index contributed by atoms with van der Waals surface area (Å²) >= 11 is 0. The Balaban J connectivity index is 2.08. The summed E-state index contributed by atoms with van der Waals surface area (Å²) in [5.41, 5.74) is 2.63. The second-order valence-electron chi connectivity index (χ2n) is 6.49.